The smallest absolute Gasteiger partial charge is 0.268 e. The maximum atomic E-state index is 12.6. The molecule has 0 atom stereocenters. The molecule has 0 N–H and O–H groups in total. The van der Waals surface area contributed by atoms with Gasteiger partial charge >= 0.3 is 0 Å². The van der Waals surface area contributed by atoms with E-state index in [9.17, 15) is 14.4 Å². The summed E-state index contributed by atoms with van der Waals surface area (Å²) < 4.78 is 7.62. The van der Waals surface area contributed by atoms with Crippen LogP contribution in [0.1, 0.15) is 42.0 Å². The van der Waals surface area contributed by atoms with Gasteiger partial charge in [0.2, 0.25) is 5.89 Å². The minimum absolute atomic E-state index is 0.0681. The van der Waals surface area contributed by atoms with Crippen LogP contribution in [0.4, 0.5) is 0 Å². The Hall–Kier alpha value is -4.12. The predicted octanol–water partition coefficient (Wildman–Crippen LogP) is 2.37. The van der Waals surface area contributed by atoms with E-state index in [1.165, 1.54) is 11.3 Å². The van der Waals surface area contributed by atoms with Gasteiger partial charge in [0, 0.05) is 7.05 Å². The number of nitrogens with zero attached hydrogens (tertiary/aromatic N) is 6. The molecule has 0 spiro atoms. The van der Waals surface area contributed by atoms with Crippen molar-refractivity contribution in [2.24, 2.45) is 0 Å². The van der Waals surface area contributed by atoms with Gasteiger partial charge in [0.25, 0.3) is 23.6 Å². The molecule has 3 amide bonds. The van der Waals surface area contributed by atoms with Gasteiger partial charge in [0.15, 0.2) is 5.69 Å². The van der Waals surface area contributed by atoms with E-state index in [0.29, 0.717) is 28.2 Å². The van der Waals surface area contributed by atoms with Gasteiger partial charge in [-0.3, -0.25) is 23.9 Å². The van der Waals surface area contributed by atoms with Gasteiger partial charge in [-0.05, 0) is 23.6 Å². The maximum Gasteiger partial charge on any atom is 0.268 e. The Bertz CT molecular complexity index is 1400. The zero-order chi connectivity index (χ0) is 22.0. The van der Waals surface area contributed by atoms with Crippen LogP contribution >= 0.6 is 11.3 Å². The summed E-state index contributed by atoms with van der Waals surface area (Å²) in [5, 5.41) is 9.96. The molecule has 0 radical (unpaired) electrons. The Morgan fingerprint density at radius 1 is 1.03 bits per heavy atom. The molecule has 0 aliphatic carbocycles. The van der Waals surface area contributed by atoms with Gasteiger partial charge in [0.05, 0.1) is 29.1 Å². The summed E-state index contributed by atoms with van der Waals surface area (Å²) in [6.07, 6.45) is 1.62. The second-order valence-corrected chi connectivity index (χ2v) is 8.37. The van der Waals surface area contributed by atoms with Crippen LogP contribution in [-0.4, -0.2) is 54.3 Å². The molecule has 6 rings (SSSR count). The third-order valence-corrected chi connectivity index (χ3v) is 6.43. The lowest BCUT2D eigenvalue weighted by Crippen LogP contribution is -2.29. The molecular formula is C21H14N6O4S. The summed E-state index contributed by atoms with van der Waals surface area (Å²) >= 11 is 1.38. The molecule has 158 valence electrons. The highest BCUT2D eigenvalue weighted by atomic mass is 32.1. The number of benzene rings is 1. The first-order chi connectivity index (χ1) is 15.5. The van der Waals surface area contributed by atoms with E-state index < -0.39 is 11.8 Å². The molecule has 1 aromatic carbocycles. The van der Waals surface area contributed by atoms with Crippen molar-refractivity contribution in [3.63, 3.8) is 0 Å². The molecule has 2 aliphatic rings. The zero-order valence-electron chi connectivity index (χ0n) is 16.7. The van der Waals surface area contributed by atoms with Crippen molar-refractivity contribution >= 4 is 29.1 Å². The fourth-order valence-corrected chi connectivity index (χ4v) is 4.84. The van der Waals surface area contributed by atoms with Crippen molar-refractivity contribution in [2.75, 3.05) is 7.05 Å². The van der Waals surface area contributed by atoms with Gasteiger partial charge < -0.3 is 9.32 Å². The topological polar surface area (TPSA) is 114 Å². The quantitative estimate of drug-likeness (QED) is 0.444. The summed E-state index contributed by atoms with van der Waals surface area (Å²) in [7, 11) is 1.72. The number of carbonyl (C=O) groups excluding carboxylic acids is 3. The van der Waals surface area contributed by atoms with Gasteiger partial charge in [-0.2, -0.15) is 0 Å². The minimum Gasteiger partial charge on any atom is -0.417 e. The van der Waals surface area contributed by atoms with Crippen molar-refractivity contribution in [3.8, 4) is 17.3 Å². The van der Waals surface area contributed by atoms with Crippen molar-refractivity contribution in [2.45, 2.75) is 13.1 Å². The monoisotopic (exact) mass is 446 g/mol. The second kappa shape index (κ2) is 6.69. The summed E-state index contributed by atoms with van der Waals surface area (Å²) in [6.45, 7) is 0.175. The van der Waals surface area contributed by atoms with Crippen LogP contribution in [0, 0.1) is 0 Å². The molecule has 2 aliphatic heterocycles. The van der Waals surface area contributed by atoms with E-state index in [4.69, 9.17) is 4.42 Å². The Balaban J connectivity index is 1.33. The first-order valence-corrected chi connectivity index (χ1v) is 10.6. The zero-order valence-corrected chi connectivity index (χ0v) is 17.5. The normalized spacial score (nSPS) is 15.1. The Labute approximate surface area is 184 Å². The summed E-state index contributed by atoms with van der Waals surface area (Å²) in [5.41, 5.74) is 2.65. The molecule has 10 nitrogen and oxygen atoms in total. The third kappa shape index (κ3) is 2.57. The van der Waals surface area contributed by atoms with Crippen molar-refractivity contribution in [3.05, 3.63) is 69.6 Å². The lowest BCUT2D eigenvalue weighted by Gasteiger charge is -2.13. The molecule has 11 heteroatoms. The fourth-order valence-electron chi connectivity index (χ4n) is 3.96. The average Bonchev–Trinajstić information content (AvgIpc) is 3.56. The molecule has 0 bridgehead atoms. The van der Waals surface area contributed by atoms with Gasteiger partial charge in [-0.1, -0.05) is 12.1 Å². The van der Waals surface area contributed by atoms with Gasteiger partial charge in [-0.25, -0.2) is 4.98 Å². The summed E-state index contributed by atoms with van der Waals surface area (Å²) in [6, 6.07) is 8.53. The van der Waals surface area contributed by atoms with Crippen molar-refractivity contribution in [1.82, 2.24) is 29.5 Å². The number of thiophene rings is 1. The summed E-state index contributed by atoms with van der Waals surface area (Å²) in [5.74, 6) is -0.588. The van der Waals surface area contributed by atoms with Crippen molar-refractivity contribution < 1.29 is 18.8 Å². The van der Waals surface area contributed by atoms with Gasteiger partial charge in [-0.15, -0.1) is 21.5 Å². The number of hydrogen-bond acceptors (Lipinski definition) is 8. The predicted molar refractivity (Wildman–Crippen MR) is 111 cm³/mol. The van der Waals surface area contributed by atoms with Crippen LogP contribution in [0.2, 0.25) is 0 Å². The van der Waals surface area contributed by atoms with E-state index in [0.717, 1.165) is 16.3 Å². The number of imide groups is 1. The Morgan fingerprint density at radius 2 is 1.78 bits per heavy atom. The number of imidazole rings is 1. The first-order valence-electron chi connectivity index (χ1n) is 9.70. The standard InChI is InChI=1S/C21H14N6O4S/c1-25-8-14-16(22-10-27(14)13-6-7-32-17(13)21(25)30)18-24-23-15(31-18)9-26-19(28)11-4-2-3-5-12(11)20(26)29/h2-7,10H,8-9H2,1H3. The van der Waals surface area contributed by atoms with Crippen LogP contribution in [0.25, 0.3) is 17.3 Å². The Morgan fingerprint density at radius 3 is 2.53 bits per heavy atom. The number of hydrogen-bond donors (Lipinski definition) is 0. The molecule has 0 fully saturated rings. The first kappa shape index (κ1) is 18.6. The van der Waals surface area contributed by atoms with Crippen LogP contribution in [0.15, 0.2) is 46.5 Å². The molecule has 5 heterocycles. The van der Waals surface area contributed by atoms with E-state index in [-0.39, 0.29) is 24.2 Å². The highest BCUT2D eigenvalue weighted by Crippen LogP contribution is 2.32. The molecule has 0 unspecified atom stereocenters. The highest BCUT2D eigenvalue weighted by molar-refractivity contribution is 7.12. The van der Waals surface area contributed by atoms with Crippen LogP contribution < -0.4 is 0 Å². The second-order valence-electron chi connectivity index (χ2n) is 7.45. The number of fused-ring (bicyclic) bond motifs is 4. The average molecular weight is 446 g/mol. The minimum atomic E-state index is -0.397. The van der Waals surface area contributed by atoms with E-state index in [2.05, 4.69) is 15.2 Å². The lowest BCUT2D eigenvalue weighted by molar-refractivity contribution is 0.0628. The van der Waals surface area contributed by atoms with E-state index in [1.807, 2.05) is 16.0 Å². The third-order valence-electron chi connectivity index (χ3n) is 5.54. The van der Waals surface area contributed by atoms with Crippen LogP contribution in [0.3, 0.4) is 0 Å². The Kier molecular flexibility index (Phi) is 3.89. The molecule has 0 saturated carbocycles. The molecule has 3 aromatic heterocycles. The molecule has 32 heavy (non-hydrogen) atoms. The van der Waals surface area contributed by atoms with E-state index in [1.54, 1.807) is 42.5 Å². The lowest BCUT2D eigenvalue weighted by atomic mass is 10.1. The number of carbonyl (C=O) groups is 3. The van der Waals surface area contributed by atoms with Crippen LogP contribution in [0.5, 0.6) is 0 Å². The molecule has 0 saturated heterocycles. The summed E-state index contributed by atoms with van der Waals surface area (Å²) in [4.78, 5) is 45.6. The molecular weight excluding hydrogens is 432 g/mol. The van der Waals surface area contributed by atoms with Crippen LogP contribution in [-0.2, 0) is 13.1 Å². The fraction of sp³-hybridized carbons (Fsp3) is 0.143. The van der Waals surface area contributed by atoms with E-state index >= 15 is 0 Å². The van der Waals surface area contributed by atoms with Crippen molar-refractivity contribution in [1.29, 1.82) is 0 Å². The highest BCUT2D eigenvalue weighted by Gasteiger charge is 2.36. The largest absolute Gasteiger partial charge is 0.417 e. The molecule has 4 aromatic rings. The maximum absolute atomic E-state index is 12.6. The number of rotatable bonds is 3. The van der Waals surface area contributed by atoms with Gasteiger partial charge in [0.1, 0.15) is 17.7 Å². The number of aromatic nitrogens is 4. The number of amides is 3. The SMILES string of the molecule is CN1Cc2c(-c3nnc(CN4C(=O)c5ccccc5C4=O)o3)ncn2-c2ccsc2C1=O.